The summed E-state index contributed by atoms with van der Waals surface area (Å²) in [6.45, 7) is 5.86. The normalized spacial score (nSPS) is 39.3. The summed E-state index contributed by atoms with van der Waals surface area (Å²) in [4.78, 5) is 25.4. The van der Waals surface area contributed by atoms with Crippen molar-refractivity contribution < 1.29 is 19.1 Å². The third-order valence-electron chi connectivity index (χ3n) is 7.13. The van der Waals surface area contributed by atoms with E-state index in [4.69, 9.17) is 9.47 Å². The molecule has 2 aliphatic carbocycles. The highest BCUT2D eigenvalue weighted by molar-refractivity contribution is 5.93. The van der Waals surface area contributed by atoms with E-state index in [0.29, 0.717) is 12.8 Å². The topological polar surface area (TPSA) is 52.6 Å². The van der Waals surface area contributed by atoms with Gasteiger partial charge in [0.05, 0.1) is 5.41 Å². The van der Waals surface area contributed by atoms with Crippen LogP contribution in [0.15, 0.2) is 12.2 Å². The zero-order chi connectivity index (χ0) is 18.1. The summed E-state index contributed by atoms with van der Waals surface area (Å²) in [6.07, 6.45) is 14.4. The van der Waals surface area contributed by atoms with Gasteiger partial charge >= 0.3 is 11.9 Å². The Hall–Kier alpha value is -1.32. The van der Waals surface area contributed by atoms with E-state index in [1.165, 1.54) is 32.1 Å². The molecule has 0 amide bonds. The molecular weight excluding hydrogens is 316 g/mol. The molecule has 0 aromatic heterocycles. The fourth-order valence-corrected chi connectivity index (χ4v) is 4.69. The molecule has 3 atom stereocenters. The van der Waals surface area contributed by atoms with E-state index < -0.39 is 16.4 Å². The van der Waals surface area contributed by atoms with Crippen molar-refractivity contribution in [3.05, 3.63) is 12.2 Å². The highest BCUT2D eigenvalue weighted by Gasteiger charge is 2.76. The highest BCUT2D eigenvalue weighted by Crippen LogP contribution is 2.65. The van der Waals surface area contributed by atoms with Gasteiger partial charge in [-0.2, -0.15) is 0 Å². The van der Waals surface area contributed by atoms with Gasteiger partial charge in [-0.05, 0) is 51.5 Å². The van der Waals surface area contributed by atoms with Gasteiger partial charge in [-0.15, -0.1) is 0 Å². The first-order chi connectivity index (χ1) is 11.8. The number of ether oxygens (including phenoxy) is 2. The van der Waals surface area contributed by atoms with Crippen LogP contribution < -0.4 is 0 Å². The molecule has 1 aliphatic heterocycles. The minimum atomic E-state index is -1.11. The van der Waals surface area contributed by atoms with Crippen molar-refractivity contribution in [3.63, 3.8) is 0 Å². The predicted molar refractivity (Wildman–Crippen MR) is 95.9 cm³/mol. The van der Waals surface area contributed by atoms with Crippen LogP contribution in [0.4, 0.5) is 0 Å². The van der Waals surface area contributed by atoms with Gasteiger partial charge in [0.2, 0.25) is 5.60 Å². The summed E-state index contributed by atoms with van der Waals surface area (Å²) in [5.41, 5.74) is -2.24. The summed E-state index contributed by atoms with van der Waals surface area (Å²) in [5.74, 6) is -0.602. The molecule has 0 radical (unpaired) electrons. The first-order valence-corrected chi connectivity index (χ1v) is 9.95. The van der Waals surface area contributed by atoms with E-state index in [1.807, 2.05) is 26.8 Å². The maximum absolute atomic E-state index is 13.1. The molecule has 1 saturated carbocycles. The maximum atomic E-state index is 13.1. The van der Waals surface area contributed by atoms with Crippen LogP contribution in [-0.2, 0) is 19.1 Å². The number of hydrogen-bond acceptors (Lipinski definition) is 4. The number of hydrogen-bond donors (Lipinski definition) is 0. The van der Waals surface area contributed by atoms with E-state index in [2.05, 4.69) is 6.08 Å². The van der Waals surface area contributed by atoms with Crippen molar-refractivity contribution in [2.75, 3.05) is 0 Å². The summed E-state index contributed by atoms with van der Waals surface area (Å²) < 4.78 is 11.5. The molecule has 0 aromatic rings. The zero-order valence-corrected chi connectivity index (χ0v) is 15.9. The van der Waals surface area contributed by atoms with Crippen LogP contribution in [0.5, 0.6) is 0 Å². The minimum Gasteiger partial charge on any atom is -0.455 e. The smallest absolute Gasteiger partial charge is 0.351 e. The Morgan fingerprint density at radius 2 is 1.76 bits per heavy atom. The van der Waals surface area contributed by atoms with Crippen molar-refractivity contribution in [2.24, 2.45) is 10.8 Å². The van der Waals surface area contributed by atoms with Gasteiger partial charge in [0.1, 0.15) is 6.10 Å². The molecule has 0 N–H and O–H groups in total. The number of allylic oxidation sites excluding steroid dienone is 1. The molecule has 0 aromatic carbocycles. The van der Waals surface area contributed by atoms with Gasteiger partial charge in [-0.1, -0.05) is 45.6 Å². The zero-order valence-electron chi connectivity index (χ0n) is 15.9. The van der Waals surface area contributed by atoms with Crippen molar-refractivity contribution in [3.8, 4) is 0 Å². The van der Waals surface area contributed by atoms with E-state index in [9.17, 15) is 9.59 Å². The van der Waals surface area contributed by atoms with Crippen LogP contribution in [0.25, 0.3) is 0 Å². The number of fused-ring (bicyclic) bond motifs is 2. The Kier molecular flexibility index (Phi) is 5.00. The maximum Gasteiger partial charge on any atom is 0.351 e. The lowest BCUT2D eigenvalue weighted by molar-refractivity contribution is -0.185. The van der Waals surface area contributed by atoms with Gasteiger partial charge in [0.15, 0.2) is 0 Å². The van der Waals surface area contributed by atoms with E-state index >= 15 is 0 Å². The van der Waals surface area contributed by atoms with Gasteiger partial charge in [0, 0.05) is 5.41 Å². The van der Waals surface area contributed by atoms with Crippen LogP contribution in [0, 0.1) is 10.8 Å². The molecule has 3 rings (SSSR count). The number of esters is 2. The van der Waals surface area contributed by atoms with Gasteiger partial charge in [-0.25, -0.2) is 4.79 Å². The van der Waals surface area contributed by atoms with E-state index in [-0.39, 0.29) is 18.0 Å². The summed E-state index contributed by atoms with van der Waals surface area (Å²) in [7, 11) is 0. The molecule has 4 heteroatoms. The quantitative estimate of drug-likeness (QED) is 0.536. The molecule has 25 heavy (non-hydrogen) atoms. The van der Waals surface area contributed by atoms with Crippen LogP contribution in [-0.4, -0.2) is 23.6 Å². The van der Waals surface area contributed by atoms with Crippen LogP contribution in [0.3, 0.4) is 0 Å². The van der Waals surface area contributed by atoms with E-state index in [0.717, 1.165) is 19.3 Å². The van der Waals surface area contributed by atoms with Crippen molar-refractivity contribution in [2.45, 2.75) is 96.7 Å². The molecule has 2 fully saturated rings. The molecule has 1 saturated heterocycles. The third kappa shape index (κ3) is 2.92. The fourth-order valence-electron chi connectivity index (χ4n) is 4.69. The van der Waals surface area contributed by atoms with E-state index in [1.54, 1.807) is 0 Å². The Balaban J connectivity index is 1.73. The largest absolute Gasteiger partial charge is 0.455 e. The Labute approximate surface area is 151 Å². The summed E-state index contributed by atoms with van der Waals surface area (Å²) in [6, 6.07) is 0. The SMILES string of the molecule is CC12CC[C@](C(=O)OC3/C=C\CCCCCCCC3)(OC1=O)C2(C)C. The Bertz CT molecular complexity index is 564. The van der Waals surface area contributed by atoms with Crippen molar-refractivity contribution in [1.82, 2.24) is 0 Å². The number of rotatable bonds is 2. The molecule has 1 heterocycles. The molecule has 140 valence electrons. The fraction of sp³-hybridized carbons (Fsp3) is 0.810. The Morgan fingerprint density at radius 1 is 1.08 bits per heavy atom. The summed E-state index contributed by atoms with van der Waals surface area (Å²) in [5, 5.41) is 0. The average molecular weight is 348 g/mol. The number of carbonyl (C=O) groups excluding carboxylic acids is 2. The molecule has 0 spiro atoms. The second-order valence-electron chi connectivity index (χ2n) is 8.74. The standard InChI is InChI=1S/C21H32O4/c1-19(2)20(3)14-15-21(19,25-17(20)22)18(23)24-16-12-10-8-6-4-5-7-9-11-13-16/h10,12,16H,4-9,11,13-15H2,1-3H3/b12-10-/t16?,20?,21-/m1/s1. The lowest BCUT2D eigenvalue weighted by Crippen LogP contribution is -2.49. The van der Waals surface area contributed by atoms with Gasteiger partial charge in [-0.3, -0.25) is 4.79 Å². The molecule has 2 bridgehead atoms. The van der Waals surface area contributed by atoms with Crippen LogP contribution in [0.2, 0.25) is 0 Å². The van der Waals surface area contributed by atoms with Gasteiger partial charge < -0.3 is 9.47 Å². The first kappa shape index (κ1) is 18.5. The predicted octanol–water partition coefficient (Wildman–Crippen LogP) is 4.71. The minimum absolute atomic E-state index is 0.207. The monoisotopic (exact) mass is 348 g/mol. The van der Waals surface area contributed by atoms with Gasteiger partial charge in [0.25, 0.3) is 0 Å². The average Bonchev–Trinajstić information content (AvgIpc) is 2.84. The molecule has 2 unspecified atom stereocenters. The van der Waals surface area contributed by atoms with Crippen LogP contribution >= 0.6 is 0 Å². The highest BCUT2D eigenvalue weighted by atomic mass is 16.6. The van der Waals surface area contributed by atoms with Crippen molar-refractivity contribution in [1.29, 1.82) is 0 Å². The number of carbonyl (C=O) groups is 2. The second-order valence-corrected chi connectivity index (χ2v) is 8.74. The molecular formula is C21H32O4. The molecule has 3 aliphatic rings. The molecule has 4 nitrogen and oxygen atoms in total. The van der Waals surface area contributed by atoms with Crippen LogP contribution in [0.1, 0.15) is 85.0 Å². The lowest BCUT2D eigenvalue weighted by Gasteiger charge is -2.35. The first-order valence-electron chi connectivity index (χ1n) is 9.95. The van der Waals surface area contributed by atoms with Crippen molar-refractivity contribution >= 4 is 11.9 Å². The lowest BCUT2D eigenvalue weighted by atomic mass is 9.66. The second kappa shape index (κ2) is 6.77. The third-order valence-corrected chi connectivity index (χ3v) is 7.13. The summed E-state index contributed by atoms with van der Waals surface area (Å²) >= 11 is 0. The Morgan fingerprint density at radius 3 is 2.40 bits per heavy atom.